The maximum absolute atomic E-state index is 11.6. The van der Waals surface area contributed by atoms with Gasteiger partial charge in [0.2, 0.25) is 0 Å². The lowest BCUT2D eigenvalue weighted by atomic mass is 10.2. The molecule has 0 fully saturated rings. The molecule has 1 aromatic heterocycles. The van der Waals surface area contributed by atoms with E-state index in [1.165, 1.54) is 0 Å². The lowest BCUT2D eigenvalue weighted by Gasteiger charge is -2.07. The molecule has 0 aliphatic rings. The molecule has 6 heteroatoms. The molecule has 1 aromatic carbocycles. The van der Waals surface area contributed by atoms with Gasteiger partial charge in [0.25, 0.3) is 0 Å². The standard InChI is InChI=1S/C15H21N5O/c1-3-4-10-16-15(21)17-11-13-18-19-14(20(13)2)12-8-6-5-7-9-12/h5-9H,3-4,10-11H2,1-2H3,(H2,16,17,21). The lowest BCUT2D eigenvalue weighted by Crippen LogP contribution is -2.36. The van der Waals surface area contributed by atoms with Crippen LogP contribution in [-0.2, 0) is 13.6 Å². The summed E-state index contributed by atoms with van der Waals surface area (Å²) in [5.74, 6) is 1.51. The van der Waals surface area contributed by atoms with E-state index in [9.17, 15) is 4.79 Å². The summed E-state index contributed by atoms with van der Waals surface area (Å²) in [7, 11) is 1.90. The van der Waals surface area contributed by atoms with Crippen LogP contribution in [0.4, 0.5) is 4.79 Å². The Morgan fingerprint density at radius 2 is 1.95 bits per heavy atom. The zero-order valence-electron chi connectivity index (χ0n) is 12.5. The molecule has 21 heavy (non-hydrogen) atoms. The van der Waals surface area contributed by atoms with E-state index in [2.05, 4.69) is 27.8 Å². The average molecular weight is 287 g/mol. The maximum Gasteiger partial charge on any atom is 0.315 e. The smallest absolute Gasteiger partial charge is 0.315 e. The van der Waals surface area contributed by atoms with Crippen LogP contribution in [0.15, 0.2) is 30.3 Å². The Balaban J connectivity index is 1.93. The number of benzene rings is 1. The van der Waals surface area contributed by atoms with Crippen molar-refractivity contribution in [1.29, 1.82) is 0 Å². The molecule has 0 spiro atoms. The third kappa shape index (κ3) is 4.05. The highest BCUT2D eigenvalue weighted by atomic mass is 16.2. The van der Waals surface area contributed by atoms with Crippen molar-refractivity contribution < 1.29 is 4.79 Å². The van der Waals surface area contributed by atoms with E-state index in [1.54, 1.807) is 0 Å². The van der Waals surface area contributed by atoms with Crippen molar-refractivity contribution in [2.45, 2.75) is 26.3 Å². The molecule has 0 unspecified atom stereocenters. The summed E-state index contributed by atoms with van der Waals surface area (Å²) in [5.41, 5.74) is 1.01. The van der Waals surface area contributed by atoms with Gasteiger partial charge < -0.3 is 15.2 Å². The highest BCUT2D eigenvalue weighted by Gasteiger charge is 2.10. The summed E-state index contributed by atoms with van der Waals surface area (Å²) in [6.45, 7) is 3.13. The summed E-state index contributed by atoms with van der Waals surface area (Å²) < 4.78 is 1.89. The van der Waals surface area contributed by atoms with Crippen molar-refractivity contribution in [3.63, 3.8) is 0 Å². The van der Waals surface area contributed by atoms with Crippen LogP contribution in [-0.4, -0.2) is 27.3 Å². The van der Waals surface area contributed by atoms with Crippen molar-refractivity contribution in [3.05, 3.63) is 36.2 Å². The fraction of sp³-hybridized carbons (Fsp3) is 0.400. The van der Waals surface area contributed by atoms with E-state index in [4.69, 9.17) is 0 Å². The molecule has 112 valence electrons. The number of nitrogens with one attached hydrogen (secondary N) is 2. The van der Waals surface area contributed by atoms with Gasteiger partial charge in [0.1, 0.15) is 0 Å². The minimum absolute atomic E-state index is 0.173. The normalized spacial score (nSPS) is 10.4. The highest BCUT2D eigenvalue weighted by molar-refractivity contribution is 5.73. The van der Waals surface area contributed by atoms with Gasteiger partial charge in [0, 0.05) is 19.2 Å². The topological polar surface area (TPSA) is 71.8 Å². The van der Waals surface area contributed by atoms with Gasteiger partial charge in [-0.15, -0.1) is 10.2 Å². The number of amides is 2. The fourth-order valence-corrected chi connectivity index (χ4v) is 1.95. The van der Waals surface area contributed by atoms with E-state index < -0.39 is 0 Å². The van der Waals surface area contributed by atoms with Crippen LogP contribution in [0.1, 0.15) is 25.6 Å². The van der Waals surface area contributed by atoms with Crippen molar-refractivity contribution in [1.82, 2.24) is 25.4 Å². The van der Waals surface area contributed by atoms with Crippen LogP contribution in [0.25, 0.3) is 11.4 Å². The third-order valence-electron chi connectivity index (χ3n) is 3.22. The molecule has 0 bridgehead atoms. The molecule has 0 aliphatic carbocycles. The Labute approximate surface area is 124 Å². The first kappa shape index (κ1) is 15.0. The number of nitrogens with zero attached hydrogens (tertiary/aromatic N) is 3. The monoisotopic (exact) mass is 287 g/mol. The maximum atomic E-state index is 11.6. The predicted molar refractivity (Wildman–Crippen MR) is 81.6 cm³/mol. The summed E-state index contributed by atoms with van der Waals surface area (Å²) in [4.78, 5) is 11.6. The quantitative estimate of drug-likeness (QED) is 0.799. The minimum atomic E-state index is -0.173. The number of carbonyl (C=O) groups excluding carboxylic acids is 1. The Bertz CT molecular complexity index is 579. The van der Waals surface area contributed by atoms with Gasteiger partial charge in [-0.1, -0.05) is 43.7 Å². The van der Waals surface area contributed by atoms with Crippen LogP contribution >= 0.6 is 0 Å². The molecule has 1 heterocycles. The average Bonchev–Trinajstić information content (AvgIpc) is 2.87. The number of rotatable bonds is 6. The Hall–Kier alpha value is -2.37. The lowest BCUT2D eigenvalue weighted by molar-refractivity contribution is 0.240. The summed E-state index contributed by atoms with van der Waals surface area (Å²) >= 11 is 0. The molecule has 0 atom stereocenters. The second-order valence-corrected chi connectivity index (χ2v) is 4.83. The zero-order valence-corrected chi connectivity index (χ0v) is 12.5. The molecule has 2 aromatic rings. The summed E-state index contributed by atoms with van der Waals surface area (Å²) in [5, 5.41) is 13.9. The minimum Gasteiger partial charge on any atom is -0.338 e. The molecule has 0 saturated carbocycles. The SMILES string of the molecule is CCCCNC(=O)NCc1nnc(-c2ccccc2)n1C. The molecule has 2 amide bonds. The van der Waals surface area contributed by atoms with Crippen molar-refractivity contribution in [2.75, 3.05) is 6.54 Å². The second-order valence-electron chi connectivity index (χ2n) is 4.83. The Morgan fingerprint density at radius 3 is 2.67 bits per heavy atom. The molecule has 0 radical (unpaired) electrons. The first-order chi connectivity index (χ1) is 10.2. The van der Waals surface area contributed by atoms with Crippen molar-refractivity contribution in [3.8, 4) is 11.4 Å². The van der Waals surface area contributed by atoms with Crippen LogP contribution in [0.2, 0.25) is 0 Å². The number of unbranched alkanes of at least 4 members (excludes halogenated alkanes) is 1. The van der Waals surface area contributed by atoms with Crippen LogP contribution in [0.5, 0.6) is 0 Å². The van der Waals surface area contributed by atoms with Crippen LogP contribution in [0.3, 0.4) is 0 Å². The molecule has 2 N–H and O–H groups in total. The first-order valence-electron chi connectivity index (χ1n) is 7.17. The van der Waals surface area contributed by atoms with Gasteiger partial charge in [0.15, 0.2) is 11.6 Å². The van der Waals surface area contributed by atoms with Crippen molar-refractivity contribution in [2.24, 2.45) is 7.05 Å². The summed E-state index contributed by atoms with van der Waals surface area (Å²) in [6, 6.07) is 9.68. The molecular weight excluding hydrogens is 266 g/mol. The van der Waals surface area contributed by atoms with Crippen molar-refractivity contribution >= 4 is 6.03 Å². The molecule has 2 rings (SSSR count). The number of aromatic nitrogens is 3. The van der Waals surface area contributed by atoms with E-state index >= 15 is 0 Å². The van der Waals surface area contributed by atoms with E-state index in [0.29, 0.717) is 13.1 Å². The predicted octanol–water partition coefficient (Wildman–Crippen LogP) is 2.08. The fourth-order valence-electron chi connectivity index (χ4n) is 1.95. The largest absolute Gasteiger partial charge is 0.338 e. The number of urea groups is 1. The number of carbonyl (C=O) groups is 1. The van der Waals surface area contributed by atoms with Gasteiger partial charge in [-0.2, -0.15) is 0 Å². The Morgan fingerprint density at radius 1 is 1.19 bits per heavy atom. The number of hydrogen-bond donors (Lipinski definition) is 2. The van der Waals surface area contributed by atoms with E-state index in [-0.39, 0.29) is 6.03 Å². The van der Waals surface area contributed by atoms with Gasteiger partial charge in [-0.25, -0.2) is 4.79 Å². The number of hydrogen-bond acceptors (Lipinski definition) is 3. The van der Waals surface area contributed by atoms with Gasteiger partial charge in [0.05, 0.1) is 6.54 Å². The molecule has 0 saturated heterocycles. The summed E-state index contributed by atoms with van der Waals surface area (Å²) in [6.07, 6.45) is 2.04. The van der Waals surface area contributed by atoms with Crippen LogP contribution < -0.4 is 10.6 Å². The highest BCUT2D eigenvalue weighted by Crippen LogP contribution is 2.16. The second kappa shape index (κ2) is 7.42. The van der Waals surface area contributed by atoms with Gasteiger partial charge in [-0.3, -0.25) is 0 Å². The first-order valence-corrected chi connectivity index (χ1v) is 7.17. The molecule has 0 aliphatic heterocycles. The molecular formula is C15H21N5O. The zero-order chi connectivity index (χ0) is 15.1. The Kier molecular flexibility index (Phi) is 5.31. The van der Waals surface area contributed by atoms with Gasteiger partial charge in [-0.05, 0) is 6.42 Å². The van der Waals surface area contributed by atoms with Crippen LogP contribution in [0, 0.1) is 0 Å². The third-order valence-corrected chi connectivity index (χ3v) is 3.22. The molecule has 6 nitrogen and oxygen atoms in total. The van der Waals surface area contributed by atoms with E-state index in [1.807, 2.05) is 41.9 Å². The van der Waals surface area contributed by atoms with E-state index in [0.717, 1.165) is 30.1 Å². The van der Waals surface area contributed by atoms with Gasteiger partial charge >= 0.3 is 6.03 Å².